The molecule has 0 aliphatic heterocycles. The van der Waals surface area contributed by atoms with Gasteiger partial charge in [0.25, 0.3) is 0 Å². The Morgan fingerprint density at radius 3 is 1.56 bits per heavy atom. The summed E-state index contributed by atoms with van der Waals surface area (Å²) in [5.74, 6) is -6.52. The van der Waals surface area contributed by atoms with Crippen LogP contribution in [0.3, 0.4) is 0 Å². The molecule has 0 aliphatic rings. The predicted molar refractivity (Wildman–Crippen MR) is 109 cm³/mol. The standard InChI is InChI=1S/C11H16NO4.C6H10O4.C4H10.3Na.H2O/c1-4-10(14)12-5-6-16-11(15)9(3)8(2)7-13;1-3(5(7)8)4(2)6(9)10;1-3-4-2;;;;/h4,8-9H,1,5-6H2,2-3H3,(H,12,14);3-4H,1-2H3,(H,7,8)(H,9,10);3-4H2,1-2H3;;;;1H2/q-1;;;3*+1;/p-3. The van der Waals surface area contributed by atoms with Gasteiger partial charge in [-0.1, -0.05) is 61.0 Å². The maximum Gasteiger partial charge on any atom is 1.00 e. The number of hydrogen-bond acceptors (Lipinski definition) is 9. The van der Waals surface area contributed by atoms with Gasteiger partial charge in [0.15, 0.2) is 0 Å². The molecule has 0 rings (SSSR count). The van der Waals surface area contributed by atoms with E-state index in [0.717, 1.165) is 6.08 Å². The molecule has 4 unspecified atom stereocenters. The SMILES string of the molecule is C=CC(=O)NCCOC(=O)C(C)C(C)[C-]=O.CC(C(=O)[O-])C(C)C(=O)[O-].CCCC.[Na+].[Na+].[Na+].[OH-]. The van der Waals surface area contributed by atoms with Gasteiger partial charge in [-0.2, -0.15) is 0 Å². The first-order chi connectivity index (χ1) is 13.9. The summed E-state index contributed by atoms with van der Waals surface area (Å²) >= 11 is 0. The number of amides is 1. The van der Waals surface area contributed by atoms with Crippen LogP contribution in [0.2, 0.25) is 0 Å². The van der Waals surface area contributed by atoms with E-state index in [1.54, 1.807) is 20.1 Å². The molecule has 0 radical (unpaired) electrons. The molecule has 0 aromatic heterocycles. The number of carboxylic acid groups (broad SMARTS) is 2. The number of rotatable bonds is 11. The number of nitrogens with one attached hydrogen (secondary N) is 1. The molecule has 182 valence electrons. The van der Waals surface area contributed by atoms with Crippen molar-refractivity contribution in [3.8, 4) is 0 Å². The number of carboxylic acids is 2. The zero-order valence-corrected chi connectivity index (χ0v) is 28.1. The Balaban J connectivity index is -0.0000000706. The Morgan fingerprint density at radius 1 is 0.912 bits per heavy atom. The number of carbonyl (C=O) groups is 4. The number of aliphatic carboxylic acids is 2. The van der Waals surface area contributed by atoms with Crippen molar-refractivity contribution in [1.82, 2.24) is 5.32 Å². The second-order valence-electron chi connectivity index (χ2n) is 6.57. The molecule has 34 heavy (non-hydrogen) atoms. The van der Waals surface area contributed by atoms with Gasteiger partial charge in [-0.25, -0.2) is 0 Å². The summed E-state index contributed by atoms with van der Waals surface area (Å²) in [5, 5.41) is 22.5. The minimum absolute atomic E-state index is 0. The van der Waals surface area contributed by atoms with Crippen LogP contribution in [0.4, 0.5) is 0 Å². The van der Waals surface area contributed by atoms with Crippen molar-refractivity contribution < 1.29 is 133 Å². The fraction of sp³-hybridized carbons (Fsp3) is 0.667. The van der Waals surface area contributed by atoms with Gasteiger partial charge in [0.2, 0.25) is 5.91 Å². The predicted octanol–water partition coefficient (Wildman–Crippen LogP) is -9.39. The second kappa shape index (κ2) is 33.2. The number of hydrogen-bond donors (Lipinski definition) is 1. The van der Waals surface area contributed by atoms with Crippen molar-refractivity contribution in [2.45, 2.75) is 54.4 Å². The molecule has 0 aliphatic carbocycles. The quantitative estimate of drug-likeness (QED) is 0.0920. The van der Waals surface area contributed by atoms with Crippen LogP contribution in [0.15, 0.2) is 12.7 Å². The molecular formula is C21H35NNa3O9-. The zero-order valence-electron chi connectivity index (χ0n) is 22.1. The third kappa shape index (κ3) is 30.3. The molecule has 0 saturated heterocycles. The summed E-state index contributed by atoms with van der Waals surface area (Å²) in [6.07, 6.45) is 5.50. The molecule has 0 saturated carbocycles. The molecular weight excluding hydrogens is 479 g/mol. The van der Waals surface area contributed by atoms with E-state index >= 15 is 0 Å². The average Bonchev–Trinajstić information content (AvgIpc) is 2.74. The Hall–Kier alpha value is 0.250. The van der Waals surface area contributed by atoms with Gasteiger partial charge in [0.1, 0.15) is 6.61 Å². The third-order valence-electron chi connectivity index (χ3n) is 4.13. The Kier molecular flexibility index (Phi) is 49.9. The number of unbranched alkanes of at least 4 members (excludes halogenated alkanes) is 1. The first kappa shape index (κ1) is 51.0. The summed E-state index contributed by atoms with van der Waals surface area (Å²) in [6, 6.07) is 0. The van der Waals surface area contributed by atoms with E-state index in [4.69, 9.17) is 4.74 Å². The van der Waals surface area contributed by atoms with E-state index in [1.165, 1.54) is 26.7 Å². The monoisotopic (exact) mass is 514 g/mol. The van der Waals surface area contributed by atoms with E-state index in [-0.39, 0.29) is 113 Å². The van der Waals surface area contributed by atoms with Crippen molar-refractivity contribution in [1.29, 1.82) is 0 Å². The molecule has 0 fully saturated rings. The normalized spacial score (nSPS) is 11.8. The first-order valence-electron chi connectivity index (χ1n) is 9.77. The topological polar surface area (TPSA) is 183 Å². The maximum atomic E-state index is 11.3. The van der Waals surface area contributed by atoms with Crippen molar-refractivity contribution >= 4 is 30.1 Å². The van der Waals surface area contributed by atoms with E-state index in [0.29, 0.717) is 0 Å². The van der Waals surface area contributed by atoms with Crippen molar-refractivity contribution in [3.63, 3.8) is 0 Å². The second-order valence-corrected chi connectivity index (χ2v) is 6.57. The summed E-state index contributed by atoms with van der Waals surface area (Å²) < 4.78 is 4.85. The van der Waals surface area contributed by atoms with Crippen molar-refractivity contribution in [3.05, 3.63) is 12.7 Å². The van der Waals surface area contributed by atoms with Gasteiger partial charge < -0.3 is 40.1 Å². The fourth-order valence-corrected chi connectivity index (χ4v) is 1.24. The van der Waals surface area contributed by atoms with Crippen LogP contribution in [-0.2, 0) is 28.7 Å². The molecule has 0 aromatic rings. The minimum Gasteiger partial charge on any atom is -0.870 e. The van der Waals surface area contributed by atoms with Crippen LogP contribution in [0.25, 0.3) is 0 Å². The van der Waals surface area contributed by atoms with Crippen molar-refractivity contribution in [2.24, 2.45) is 23.7 Å². The average molecular weight is 514 g/mol. The molecule has 2 N–H and O–H groups in total. The van der Waals surface area contributed by atoms with E-state index in [1.807, 2.05) is 0 Å². The molecule has 1 amide bonds. The van der Waals surface area contributed by atoms with Crippen LogP contribution in [0, 0.1) is 23.7 Å². The smallest absolute Gasteiger partial charge is 0.870 e. The first-order valence-corrected chi connectivity index (χ1v) is 9.77. The maximum absolute atomic E-state index is 11.3. The molecule has 13 heteroatoms. The Morgan fingerprint density at radius 2 is 1.29 bits per heavy atom. The van der Waals surface area contributed by atoms with Crippen LogP contribution in [0.5, 0.6) is 0 Å². The zero-order chi connectivity index (χ0) is 24.3. The largest absolute Gasteiger partial charge is 1.00 e. The molecule has 0 spiro atoms. The van der Waals surface area contributed by atoms with Crippen LogP contribution in [-0.4, -0.2) is 48.7 Å². The van der Waals surface area contributed by atoms with Gasteiger partial charge in [0.05, 0.1) is 6.54 Å². The minimum atomic E-state index is -1.36. The van der Waals surface area contributed by atoms with Gasteiger partial charge in [-0.05, 0) is 6.08 Å². The van der Waals surface area contributed by atoms with Gasteiger partial charge in [-0.15, -0.1) is 5.92 Å². The van der Waals surface area contributed by atoms with E-state index in [2.05, 4.69) is 25.7 Å². The fourth-order valence-electron chi connectivity index (χ4n) is 1.24. The molecule has 10 nitrogen and oxygen atoms in total. The number of esters is 1. The van der Waals surface area contributed by atoms with Crippen molar-refractivity contribution in [2.75, 3.05) is 13.2 Å². The van der Waals surface area contributed by atoms with Crippen LogP contribution >= 0.6 is 0 Å². The van der Waals surface area contributed by atoms with E-state index < -0.39 is 41.6 Å². The van der Waals surface area contributed by atoms with Gasteiger partial charge in [0, 0.05) is 29.7 Å². The molecule has 0 heterocycles. The van der Waals surface area contributed by atoms with Crippen LogP contribution in [0.1, 0.15) is 54.4 Å². The molecule has 4 atom stereocenters. The van der Waals surface area contributed by atoms with Gasteiger partial charge >= 0.3 is 94.6 Å². The summed E-state index contributed by atoms with van der Waals surface area (Å²) in [7, 11) is 0. The van der Waals surface area contributed by atoms with Gasteiger partial charge in [-0.3, -0.25) is 15.9 Å². The van der Waals surface area contributed by atoms with E-state index in [9.17, 15) is 34.2 Å². The summed E-state index contributed by atoms with van der Waals surface area (Å²) in [5.41, 5.74) is 0. The number of carbonyl (C=O) groups excluding carboxylic acids is 5. The molecule has 0 aromatic carbocycles. The third-order valence-corrected chi connectivity index (χ3v) is 4.13. The summed E-state index contributed by atoms with van der Waals surface area (Å²) in [4.78, 5) is 52.4. The Bertz CT molecular complexity index is 544. The number of ether oxygens (including phenoxy) is 1. The summed E-state index contributed by atoms with van der Waals surface area (Å²) in [6.45, 7) is 13.7. The Labute approximate surface area is 269 Å². The molecule has 0 bridgehead atoms. The van der Waals surface area contributed by atoms with Crippen LogP contribution < -0.4 is 104 Å².